The summed E-state index contributed by atoms with van der Waals surface area (Å²) >= 11 is 10.9. The van der Waals surface area contributed by atoms with Crippen LogP contribution in [0.2, 0.25) is 0 Å². The molecule has 44 valence electrons. The van der Waals surface area contributed by atoms with Gasteiger partial charge in [-0.15, -0.1) is 0 Å². The fourth-order valence-corrected chi connectivity index (χ4v) is 0.472. The minimum absolute atomic E-state index is 0.371. The first-order valence-electron chi connectivity index (χ1n) is 1.93. The van der Waals surface area contributed by atoms with E-state index >= 15 is 0 Å². The molecule has 0 unspecified atom stereocenters. The molecule has 0 amide bonds. The topological polar surface area (TPSA) is 9.23 Å². The largest absolute Gasteiger partial charge is 0.382 e. The number of halogens is 2. The fraction of sp³-hybridized carbons (Fsp3) is 1.00. The number of alkyl halides is 2. The van der Waals surface area contributed by atoms with Crippen molar-refractivity contribution in [2.75, 3.05) is 13.7 Å². The molecular formula is C4H8Cl2O. The average molecular weight is 143 g/mol. The number of ether oxygens (including phenoxy) is 1. The smallest absolute Gasteiger partial charge is 0.138 e. The predicted molar refractivity (Wildman–Crippen MR) is 32.0 cm³/mol. The van der Waals surface area contributed by atoms with Crippen LogP contribution in [0, 0.1) is 0 Å². The van der Waals surface area contributed by atoms with E-state index in [0.29, 0.717) is 6.61 Å². The zero-order valence-electron chi connectivity index (χ0n) is 4.37. The molecule has 0 atom stereocenters. The molecule has 0 bridgehead atoms. The predicted octanol–water partition coefficient (Wildman–Crippen LogP) is 1.83. The normalized spacial score (nSPS) is 12.0. The molecule has 0 saturated heterocycles. The first kappa shape index (κ1) is 7.54. The molecule has 0 fully saturated rings. The van der Waals surface area contributed by atoms with Gasteiger partial charge < -0.3 is 4.74 Å². The van der Waals surface area contributed by atoms with Crippen LogP contribution < -0.4 is 0 Å². The maximum atomic E-state index is 5.47. The minimum atomic E-state index is -0.727. The monoisotopic (exact) mass is 142 g/mol. The van der Waals surface area contributed by atoms with Gasteiger partial charge >= 0.3 is 0 Å². The molecule has 0 aromatic carbocycles. The van der Waals surface area contributed by atoms with E-state index in [9.17, 15) is 0 Å². The molecule has 0 rings (SSSR count). The summed E-state index contributed by atoms with van der Waals surface area (Å²) < 4.78 is 3.91. The van der Waals surface area contributed by atoms with Crippen molar-refractivity contribution in [3.8, 4) is 0 Å². The van der Waals surface area contributed by atoms with E-state index in [-0.39, 0.29) is 0 Å². The maximum Gasteiger partial charge on any atom is 0.138 e. The Bertz CT molecular complexity index is 48.1. The van der Waals surface area contributed by atoms with Gasteiger partial charge in [0.1, 0.15) is 4.33 Å². The van der Waals surface area contributed by atoms with E-state index in [2.05, 4.69) is 4.74 Å². The van der Waals surface area contributed by atoms with Crippen LogP contribution in [-0.2, 0) is 4.74 Å². The number of rotatable bonds is 2. The highest BCUT2D eigenvalue weighted by Crippen LogP contribution is 2.18. The zero-order chi connectivity index (χ0) is 5.91. The molecule has 3 heteroatoms. The first-order valence-corrected chi connectivity index (χ1v) is 2.68. The van der Waals surface area contributed by atoms with E-state index in [0.717, 1.165) is 0 Å². The van der Waals surface area contributed by atoms with Crippen LogP contribution in [-0.4, -0.2) is 18.1 Å². The van der Waals surface area contributed by atoms with Gasteiger partial charge in [0.2, 0.25) is 0 Å². The molecule has 0 aliphatic carbocycles. The molecule has 0 spiro atoms. The van der Waals surface area contributed by atoms with Gasteiger partial charge in [0, 0.05) is 7.11 Å². The third kappa shape index (κ3) is 6.54. The van der Waals surface area contributed by atoms with Gasteiger partial charge in [-0.1, -0.05) is 23.2 Å². The summed E-state index contributed by atoms with van der Waals surface area (Å²) in [6.07, 6.45) is 0. The molecule has 1 nitrogen and oxygen atoms in total. The summed E-state index contributed by atoms with van der Waals surface area (Å²) in [6.45, 7) is 2.05. The van der Waals surface area contributed by atoms with Gasteiger partial charge in [-0.05, 0) is 6.92 Å². The van der Waals surface area contributed by atoms with Gasteiger partial charge in [-0.3, -0.25) is 0 Å². The molecule has 7 heavy (non-hydrogen) atoms. The summed E-state index contributed by atoms with van der Waals surface area (Å²) in [7, 11) is 1.56. The van der Waals surface area contributed by atoms with Crippen molar-refractivity contribution >= 4 is 23.2 Å². The summed E-state index contributed by atoms with van der Waals surface area (Å²) in [5, 5.41) is 0. The quantitative estimate of drug-likeness (QED) is 0.535. The van der Waals surface area contributed by atoms with Gasteiger partial charge in [-0.25, -0.2) is 0 Å². The lowest BCUT2D eigenvalue weighted by molar-refractivity contribution is 0.193. The van der Waals surface area contributed by atoms with E-state index < -0.39 is 4.33 Å². The fourth-order valence-electron chi connectivity index (χ4n) is 0.253. The molecule has 0 aromatic rings. The Morgan fingerprint density at radius 3 is 2.00 bits per heavy atom. The Hall–Kier alpha value is 0.540. The Balaban J connectivity index is 3.15. The Morgan fingerprint density at radius 2 is 2.00 bits per heavy atom. The second-order valence-electron chi connectivity index (χ2n) is 1.50. The van der Waals surface area contributed by atoms with Crippen LogP contribution in [0.1, 0.15) is 6.92 Å². The molecular weight excluding hydrogens is 135 g/mol. The van der Waals surface area contributed by atoms with Crippen molar-refractivity contribution < 1.29 is 4.74 Å². The SMILES string of the molecule is COCC(C)(Cl)Cl. The van der Waals surface area contributed by atoms with Crippen molar-refractivity contribution in [1.82, 2.24) is 0 Å². The van der Waals surface area contributed by atoms with Gasteiger partial charge in [-0.2, -0.15) is 0 Å². The van der Waals surface area contributed by atoms with Crippen LogP contribution in [0.15, 0.2) is 0 Å². The van der Waals surface area contributed by atoms with Gasteiger partial charge in [0.05, 0.1) is 6.61 Å². The summed E-state index contributed by atoms with van der Waals surface area (Å²) in [6, 6.07) is 0. The van der Waals surface area contributed by atoms with Crippen LogP contribution >= 0.6 is 23.2 Å². The Morgan fingerprint density at radius 1 is 1.57 bits per heavy atom. The van der Waals surface area contributed by atoms with Crippen molar-refractivity contribution in [2.24, 2.45) is 0 Å². The van der Waals surface area contributed by atoms with Crippen LogP contribution in [0.3, 0.4) is 0 Å². The maximum absolute atomic E-state index is 5.47. The van der Waals surface area contributed by atoms with Crippen LogP contribution in [0.25, 0.3) is 0 Å². The first-order chi connectivity index (χ1) is 3.06. The highest BCUT2D eigenvalue weighted by Gasteiger charge is 2.14. The van der Waals surface area contributed by atoms with Gasteiger partial charge in [0.15, 0.2) is 0 Å². The highest BCUT2D eigenvalue weighted by molar-refractivity contribution is 6.48. The number of hydrogen-bond acceptors (Lipinski definition) is 1. The number of hydrogen-bond donors (Lipinski definition) is 0. The van der Waals surface area contributed by atoms with Crippen molar-refractivity contribution in [2.45, 2.75) is 11.3 Å². The van der Waals surface area contributed by atoms with E-state index in [1.807, 2.05) is 0 Å². The third-order valence-corrected chi connectivity index (χ3v) is 0.616. The second-order valence-corrected chi connectivity index (χ2v) is 3.37. The number of methoxy groups -OCH3 is 1. The van der Waals surface area contributed by atoms with Crippen LogP contribution in [0.5, 0.6) is 0 Å². The molecule has 0 heterocycles. The van der Waals surface area contributed by atoms with Crippen molar-refractivity contribution in [3.63, 3.8) is 0 Å². The van der Waals surface area contributed by atoms with E-state index in [1.54, 1.807) is 14.0 Å². The lowest BCUT2D eigenvalue weighted by Crippen LogP contribution is -2.13. The lowest BCUT2D eigenvalue weighted by atomic mass is 10.5. The average Bonchev–Trinajstić information content (AvgIpc) is 1.30. The molecule has 0 saturated carbocycles. The Kier molecular flexibility index (Phi) is 2.96. The molecule has 0 aliphatic rings. The summed E-state index contributed by atoms with van der Waals surface area (Å²) in [5.74, 6) is 0. The summed E-state index contributed by atoms with van der Waals surface area (Å²) in [4.78, 5) is 0. The lowest BCUT2D eigenvalue weighted by Gasteiger charge is -2.09. The van der Waals surface area contributed by atoms with Crippen molar-refractivity contribution in [3.05, 3.63) is 0 Å². The summed E-state index contributed by atoms with van der Waals surface area (Å²) in [5.41, 5.74) is 0. The van der Waals surface area contributed by atoms with E-state index in [4.69, 9.17) is 23.2 Å². The minimum Gasteiger partial charge on any atom is -0.382 e. The molecule has 0 N–H and O–H groups in total. The van der Waals surface area contributed by atoms with Crippen LogP contribution in [0.4, 0.5) is 0 Å². The zero-order valence-corrected chi connectivity index (χ0v) is 5.88. The Labute approximate surface area is 53.6 Å². The van der Waals surface area contributed by atoms with Gasteiger partial charge in [0.25, 0.3) is 0 Å². The standard InChI is InChI=1S/C4H8Cl2O/c1-4(5,6)3-7-2/h3H2,1-2H3. The van der Waals surface area contributed by atoms with Crippen molar-refractivity contribution in [1.29, 1.82) is 0 Å². The third-order valence-electron chi connectivity index (χ3n) is 0.398. The molecule has 0 aromatic heterocycles. The highest BCUT2D eigenvalue weighted by atomic mass is 35.5. The van der Waals surface area contributed by atoms with E-state index in [1.165, 1.54) is 0 Å². The molecule has 0 radical (unpaired) electrons. The molecule has 0 aliphatic heterocycles. The second kappa shape index (κ2) is 2.75.